The molecule has 3 N–H and O–H groups in total. The van der Waals surface area contributed by atoms with Crippen molar-refractivity contribution in [2.24, 2.45) is 5.73 Å². The number of benzene rings is 2. The van der Waals surface area contributed by atoms with Crippen molar-refractivity contribution in [3.8, 4) is 11.1 Å². The van der Waals surface area contributed by atoms with Crippen molar-refractivity contribution in [2.75, 3.05) is 44.4 Å². The Hall–Kier alpha value is -3.99. The van der Waals surface area contributed by atoms with Crippen LogP contribution in [0.4, 0.5) is 11.4 Å². The molecule has 0 unspecified atom stereocenters. The third-order valence-electron chi connectivity index (χ3n) is 8.40. The summed E-state index contributed by atoms with van der Waals surface area (Å²) in [6, 6.07) is 20.3. The van der Waals surface area contributed by atoms with Crippen LogP contribution in [0.5, 0.6) is 0 Å². The highest BCUT2D eigenvalue weighted by molar-refractivity contribution is 7.12. The van der Waals surface area contributed by atoms with Crippen molar-refractivity contribution in [3.63, 3.8) is 0 Å². The maximum absolute atomic E-state index is 13.7. The van der Waals surface area contributed by atoms with Gasteiger partial charge in [0.2, 0.25) is 0 Å². The molecule has 0 bridgehead atoms. The van der Waals surface area contributed by atoms with E-state index in [4.69, 9.17) is 10.3 Å². The molecule has 0 aliphatic heterocycles. The average Bonchev–Trinajstić information content (AvgIpc) is 3.73. The molecular weight excluding hydrogens is 584 g/mol. The molecule has 2 aromatic carbocycles. The Balaban J connectivity index is 1.42. The number of anilines is 2. The number of thiophene rings is 1. The Morgan fingerprint density at radius 3 is 2.44 bits per heavy atom. The molecule has 2 aromatic heterocycles. The van der Waals surface area contributed by atoms with Crippen molar-refractivity contribution in [2.45, 2.75) is 57.7 Å². The number of rotatable bonds is 12. The molecule has 1 aliphatic rings. The van der Waals surface area contributed by atoms with E-state index in [0.29, 0.717) is 18.0 Å². The van der Waals surface area contributed by atoms with Gasteiger partial charge in [0.1, 0.15) is 5.76 Å². The van der Waals surface area contributed by atoms with Gasteiger partial charge >= 0.3 is 0 Å². The van der Waals surface area contributed by atoms with E-state index >= 15 is 0 Å². The fourth-order valence-electron chi connectivity index (χ4n) is 5.92. The summed E-state index contributed by atoms with van der Waals surface area (Å²) >= 11 is 1.48. The van der Waals surface area contributed by atoms with Crippen molar-refractivity contribution < 1.29 is 14.1 Å². The molecule has 238 valence electrons. The number of carbonyl (C=O) groups is 2. The molecule has 5 rings (SSSR count). The molecule has 10 heteroatoms. The smallest absolute Gasteiger partial charge is 0.277 e. The number of nitrogens with two attached hydrogens (primary N) is 1. The van der Waals surface area contributed by atoms with Crippen molar-refractivity contribution in [1.29, 1.82) is 0 Å². The summed E-state index contributed by atoms with van der Waals surface area (Å²) in [5, 5.41) is 8.94. The molecule has 45 heavy (non-hydrogen) atoms. The minimum Gasteiger partial charge on any atom is -0.373 e. The molecule has 2 amide bonds. The SMILES string of the molecule is Cc1cc(C(=O)Nc2cc(-c3cccc(CN(C(=O)c4cccs4)C4CCC(N)CC4)c3)ccc2N(C)CCCN(C)C)no1. The van der Waals surface area contributed by atoms with Crippen LogP contribution in [0.1, 0.15) is 63.6 Å². The summed E-state index contributed by atoms with van der Waals surface area (Å²) in [4.78, 5) is 34.0. The van der Waals surface area contributed by atoms with Gasteiger partial charge in [0.25, 0.3) is 11.8 Å². The zero-order chi connectivity index (χ0) is 31.9. The second-order valence-electron chi connectivity index (χ2n) is 12.3. The lowest BCUT2D eigenvalue weighted by Crippen LogP contribution is -2.43. The van der Waals surface area contributed by atoms with E-state index in [0.717, 1.165) is 72.4 Å². The first-order chi connectivity index (χ1) is 21.7. The van der Waals surface area contributed by atoms with Crippen LogP contribution in [0.15, 0.2) is 70.6 Å². The van der Waals surface area contributed by atoms with Gasteiger partial charge in [-0.25, -0.2) is 0 Å². The molecule has 4 aromatic rings. The Labute approximate surface area is 270 Å². The maximum atomic E-state index is 13.7. The molecule has 9 nitrogen and oxygen atoms in total. The predicted molar refractivity (Wildman–Crippen MR) is 182 cm³/mol. The molecule has 0 atom stereocenters. The predicted octanol–water partition coefficient (Wildman–Crippen LogP) is 6.26. The maximum Gasteiger partial charge on any atom is 0.277 e. The highest BCUT2D eigenvalue weighted by Gasteiger charge is 2.29. The van der Waals surface area contributed by atoms with Gasteiger partial charge in [0.15, 0.2) is 5.69 Å². The monoisotopic (exact) mass is 628 g/mol. The van der Waals surface area contributed by atoms with Crippen LogP contribution < -0.4 is 16.0 Å². The van der Waals surface area contributed by atoms with E-state index in [1.165, 1.54) is 11.3 Å². The minimum absolute atomic E-state index is 0.0747. The zero-order valence-corrected chi connectivity index (χ0v) is 27.5. The fraction of sp³-hybridized carbons (Fsp3) is 0.400. The second-order valence-corrected chi connectivity index (χ2v) is 13.2. The van der Waals surface area contributed by atoms with E-state index in [2.05, 4.69) is 64.7 Å². The number of nitrogens with one attached hydrogen (secondary N) is 1. The summed E-state index contributed by atoms with van der Waals surface area (Å²) in [6.45, 7) is 4.08. The summed E-state index contributed by atoms with van der Waals surface area (Å²) in [6.07, 6.45) is 4.66. The van der Waals surface area contributed by atoms with Gasteiger partial charge in [-0.3, -0.25) is 9.59 Å². The Bertz CT molecular complexity index is 1580. The van der Waals surface area contributed by atoms with Gasteiger partial charge < -0.3 is 30.3 Å². The summed E-state index contributed by atoms with van der Waals surface area (Å²) < 4.78 is 5.14. The molecule has 1 saturated carbocycles. The topological polar surface area (TPSA) is 108 Å². The lowest BCUT2D eigenvalue weighted by Gasteiger charge is -2.36. The summed E-state index contributed by atoms with van der Waals surface area (Å²) in [5.41, 5.74) is 11.1. The molecule has 1 fully saturated rings. The summed E-state index contributed by atoms with van der Waals surface area (Å²) in [7, 11) is 6.17. The van der Waals surface area contributed by atoms with Gasteiger partial charge in [0.05, 0.1) is 16.3 Å². The van der Waals surface area contributed by atoms with E-state index in [9.17, 15) is 9.59 Å². The Kier molecular flexibility index (Phi) is 10.7. The molecule has 0 radical (unpaired) electrons. The lowest BCUT2D eigenvalue weighted by atomic mass is 9.90. The standard InChI is InChI=1S/C35H44N6O3S/c1-24-20-31(38-44-24)34(42)37-30-22-27(11-16-32(30)40(4)18-7-17-39(2)3)26-9-5-8-25(21-26)23-41(29-14-12-28(36)13-15-29)35(43)33-10-6-19-45-33/h5-6,8-11,16,19-22,28-29H,7,12-15,17-18,23,36H2,1-4H3,(H,37,42). The molecule has 2 heterocycles. The molecule has 0 saturated heterocycles. The quantitative estimate of drug-likeness (QED) is 0.191. The van der Waals surface area contributed by atoms with Crippen molar-refractivity contribution >= 4 is 34.5 Å². The lowest BCUT2D eigenvalue weighted by molar-refractivity contribution is 0.0611. The Morgan fingerprint density at radius 2 is 1.76 bits per heavy atom. The highest BCUT2D eigenvalue weighted by Crippen LogP contribution is 2.33. The van der Waals surface area contributed by atoms with Crippen molar-refractivity contribution in [3.05, 3.63) is 87.9 Å². The van der Waals surface area contributed by atoms with E-state index < -0.39 is 0 Å². The van der Waals surface area contributed by atoms with Crippen LogP contribution in [-0.4, -0.2) is 73.1 Å². The zero-order valence-electron chi connectivity index (χ0n) is 26.7. The summed E-state index contributed by atoms with van der Waals surface area (Å²) in [5.74, 6) is 0.329. The third-order valence-corrected chi connectivity index (χ3v) is 9.26. The van der Waals surface area contributed by atoms with Crippen LogP contribution >= 0.6 is 11.3 Å². The van der Waals surface area contributed by atoms with E-state index in [-0.39, 0.29) is 29.6 Å². The van der Waals surface area contributed by atoms with Gasteiger partial charge in [-0.2, -0.15) is 0 Å². The normalized spacial score (nSPS) is 16.5. The van der Waals surface area contributed by atoms with Gasteiger partial charge in [-0.05, 0) is 106 Å². The number of carbonyl (C=O) groups excluding carboxylic acids is 2. The van der Waals surface area contributed by atoms with Crippen LogP contribution in [-0.2, 0) is 6.54 Å². The first-order valence-corrected chi connectivity index (χ1v) is 16.5. The van der Waals surface area contributed by atoms with E-state index in [1.54, 1.807) is 13.0 Å². The first-order valence-electron chi connectivity index (χ1n) is 15.6. The fourth-order valence-corrected chi connectivity index (χ4v) is 6.60. The van der Waals surface area contributed by atoms with Crippen LogP contribution in [0, 0.1) is 6.92 Å². The molecule has 0 spiro atoms. The second kappa shape index (κ2) is 14.9. The number of nitrogens with zero attached hydrogens (tertiary/aromatic N) is 4. The average molecular weight is 629 g/mol. The van der Waals surface area contributed by atoms with Crippen molar-refractivity contribution in [1.82, 2.24) is 15.0 Å². The number of hydrogen-bond acceptors (Lipinski definition) is 8. The first kappa shape index (κ1) is 32.4. The number of amides is 2. The molecule has 1 aliphatic carbocycles. The van der Waals surface area contributed by atoms with Gasteiger partial charge in [0, 0.05) is 38.3 Å². The minimum atomic E-state index is -0.323. The molecular formula is C35H44N6O3S. The largest absolute Gasteiger partial charge is 0.373 e. The number of hydrogen-bond donors (Lipinski definition) is 2. The highest BCUT2D eigenvalue weighted by atomic mass is 32.1. The third kappa shape index (κ3) is 8.39. The number of aromatic nitrogens is 1. The van der Waals surface area contributed by atoms with Crippen LogP contribution in [0.25, 0.3) is 11.1 Å². The van der Waals surface area contributed by atoms with E-state index in [1.807, 2.05) is 41.6 Å². The van der Waals surface area contributed by atoms with Crippen LogP contribution in [0.2, 0.25) is 0 Å². The van der Waals surface area contributed by atoms with Crippen LogP contribution in [0.3, 0.4) is 0 Å². The van der Waals surface area contributed by atoms with Gasteiger partial charge in [-0.1, -0.05) is 35.5 Å². The Morgan fingerprint density at radius 1 is 0.978 bits per heavy atom. The van der Waals surface area contributed by atoms with Gasteiger partial charge in [-0.15, -0.1) is 11.3 Å². The number of aryl methyl sites for hydroxylation is 1.